The highest BCUT2D eigenvalue weighted by molar-refractivity contribution is 5.67. The molecule has 246 valence electrons. The van der Waals surface area contributed by atoms with Crippen molar-refractivity contribution in [3.05, 3.63) is 0 Å². The summed E-state index contributed by atoms with van der Waals surface area (Å²) in [5, 5.41) is 36.9. The monoisotopic (exact) mass is 604 g/mol. The number of aliphatic hydroxyl groups is 3. The third-order valence-corrected chi connectivity index (χ3v) is 14.9. The van der Waals surface area contributed by atoms with Crippen LogP contribution in [0.2, 0.25) is 0 Å². The Kier molecular flexibility index (Phi) is 7.47. The number of alkyl carbamates (subject to hydrolysis) is 1. The van der Waals surface area contributed by atoms with Crippen LogP contribution in [0.25, 0.3) is 0 Å². The molecule has 1 amide bonds. The van der Waals surface area contributed by atoms with E-state index in [9.17, 15) is 20.1 Å². The first-order valence-electron chi connectivity index (χ1n) is 17.2. The summed E-state index contributed by atoms with van der Waals surface area (Å²) < 4.78 is 12.8. The molecule has 4 N–H and O–H groups in total. The predicted octanol–water partition coefficient (Wildman–Crippen LogP) is 4.59. The number of ether oxygens (including phenoxy) is 2. The average molecular weight is 605 g/mol. The number of amides is 1. The quantitative estimate of drug-likeness (QED) is 0.351. The van der Waals surface area contributed by atoms with E-state index in [1.807, 2.05) is 14.1 Å². The second kappa shape index (κ2) is 10.0. The standard InChI is InChI=1S/C35H60N2O6/c1-20-18-21(27(38)31(4,5)41)42-26-25(20)32(6)14-15-35-19-34(35)13-12-24(43-29(40)36-16-17-37(8)9)30(2,3)22(34)10-11-23(35)33(32,7)28(26)39/h20-28,38-39,41H,10-19H2,1-9H3,(H,36,40)/t20-,21?,22+,23?,24?,25+,26?,27?,28+,32?,33-,34?,35?/m1/s1. The van der Waals surface area contributed by atoms with Crippen LogP contribution in [0.4, 0.5) is 4.79 Å². The second-order valence-electron chi connectivity index (χ2n) is 17.8. The van der Waals surface area contributed by atoms with E-state index in [4.69, 9.17) is 9.47 Å². The lowest BCUT2D eigenvalue weighted by Crippen LogP contribution is -2.60. The minimum atomic E-state index is -1.26. The Morgan fingerprint density at radius 3 is 2.37 bits per heavy atom. The number of hydrogen-bond donors (Lipinski definition) is 4. The Labute approximate surface area is 259 Å². The summed E-state index contributed by atoms with van der Waals surface area (Å²) in [6, 6.07) is 0. The van der Waals surface area contributed by atoms with Crippen molar-refractivity contribution < 1.29 is 29.6 Å². The molecular formula is C35H60N2O6. The first kappa shape index (κ1) is 32.0. The van der Waals surface area contributed by atoms with Gasteiger partial charge in [-0.2, -0.15) is 0 Å². The molecule has 1 saturated heterocycles. The van der Waals surface area contributed by atoms with Crippen molar-refractivity contribution >= 4 is 6.09 Å². The molecule has 1 aliphatic heterocycles. The van der Waals surface area contributed by atoms with Crippen molar-refractivity contribution in [1.29, 1.82) is 0 Å². The zero-order valence-electron chi connectivity index (χ0n) is 28.3. The first-order valence-corrected chi connectivity index (χ1v) is 17.2. The van der Waals surface area contributed by atoms with Gasteiger partial charge in [0.1, 0.15) is 12.2 Å². The van der Waals surface area contributed by atoms with Crippen molar-refractivity contribution in [2.45, 2.75) is 136 Å². The molecule has 1 heterocycles. The lowest BCUT2D eigenvalue weighted by atomic mass is 9.41. The highest BCUT2D eigenvalue weighted by Gasteiger charge is 2.84. The maximum atomic E-state index is 12.7. The maximum Gasteiger partial charge on any atom is 0.407 e. The van der Waals surface area contributed by atoms with Gasteiger partial charge in [-0.3, -0.25) is 0 Å². The number of carbonyl (C=O) groups is 1. The van der Waals surface area contributed by atoms with Gasteiger partial charge in [-0.05, 0) is 119 Å². The molecule has 0 bridgehead atoms. The van der Waals surface area contributed by atoms with E-state index in [-0.39, 0.29) is 57.2 Å². The number of likely N-dealkylation sites (N-methyl/N-ethyl adjacent to an activating group) is 1. The highest BCUT2D eigenvalue weighted by Crippen LogP contribution is 2.89. The maximum absolute atomic E-state index is 12.7. The minimum Gasteiger partial charge on any atom is -0.446 e. The lowest BCUT2D eigenvalue weighted by molar-refractivity contribution is -0.202. The van der Waals surface area contributed by atoms with Crippen molar-refractivity contribution in [1.82, 2.24) is 10.2 Å². The largest absolute Gasteiger partial charge is 0.446 e. The Balaban J connectivity index is 1.23. The molecule has 8 heteroatoms. The van der Waals surface area contributed by atoms with Crippen LogP contribution < -0.4 is 5.32 Å². The molecule has 43 heavy (non-hydrogen) atoms. The van der Waals surface area contributed by atoms with Crippen LogP contribution in [0.3, 0.4) is 0 Å². The summed E-state index contributed by atoms with van der Waals surface area (Å²) in [4.78, 5) is 14.8. The number of rotatable bonds is 6. The van der Waals surface area contributed by atoms with Gasteiger partial charge in [0, 0.05) is 23.9 Å². The van der Waals surface area contributed by atoms with Gasteiger partial charge in [-0.1, -0.05) is 34.6 Å². The first-order chi connectivity index (χ1) is 19.9. The number of carbonyl (C=O) groups excluding carboxylic acids is 1. The summed E-state index contributed by atoms with van der Waals surface area (Å²) in [5.41, 5.74) is -1.20. The molecular weight excluding hydrogens is 544 g/mol. The molecule has 0 aromatic carbocycles. The Bertz CT molecular complexity index is 1110. The Morgan fingerprint density at radius 2 is 1.72 bits per heavy atom. The zero-order valence-corrected chi connectivity index (χ0v) is 28.3. The van der Waals surface area contributed by atoms with Gasteiger partial charge >= 0.3 is 6.09 Å². The SMILES string of the molecule is C[C@@H]1CC(C(O)C(C)(C)O)OC2[C@H]1C1(C)CCC34CC35CCC(OC(=O)NCCN(C)C)C(C)(C)[C@@H]5CCC4[C@]1(C)[C@H]2O. The number of aliphatic hydroxyl groups excluding tert-OH is 2. The third kappa shape index (κ3) is 4.28. The van der Waals surface area contributed by atoms with E-state index in [0.717, 1.165) is 38.6 Å². The predicted molar refractivity (Wildman–Crippen MR) is 165 cm³/mol. The molecule has 2 spiro atoms. The fourth-order valence-corrected chi connectivity index (χ4v) is 12.7. The number of nitrogens with zero attached hydrogens (tertiary/aromatic N) is 1. The fraction of sp³-hybridized carbons (Fsp3) is 0.971. The molecule has 0 radical (unpaired) electrons. The van der Waals surface area contributed by atoms with Crippen LogP contribution in [0.15, 0.2) is 0 Å². The van der Waals surface area contributed by atoms with E-state index in [1.54, 1.807) is 13.8 Å². The van der Waals surface area contributed by atoms with Crippen LogP contribution in [-0.4, -0.2) is 89.6 Å². The van der Waals surface area contributed by atoms with Gasteiger partial charge in [0.05, 0.1) is 23.9 Å². The van der Waals surface area contributed by atoms with E-state index in [2.05, 4.69) is 44.8 Å². The summed E-state index contributed by atoms with van der Waals surface area (Å²) >= 11 is 0. The van der Waals surface area contributed by atoms with Crippen molar-refractivity contribution in [2.75, 3.05) is 27.2 Å². The highest BCUT2D eigenvalue weighted by atomic mass is 16.6. The summed E-state index contributed by atoms with van der Waals surface area (Å²) in [5.74, 6) is 1.44. The minimum absolute atomic E-state index is 0.0475. The summed E-state index contributed by atoms with van der Waals surface area (Å²) in [6.07, 6.45) is 5.62. The smallest absolute Gasteiger partial charge is 0.407 e. The van der Waals surface area contributed by atoms with Crippen LogP contribution >= 0.6 is 0 Å². The van der Waals surface area contributed by atoms with Crippen LogP contribution in [0, 0.1) is 50.7 Å². The van der Waals surface area contributed by atoms with Gasteiger partial charge < -0.3 is 35.0 Å². The van der Waals surface area contributed by atoms with Gasteiger partial charge in [0.25, 0.3) is 0 Å². The van der Waals surface area contributed by atoms with Gasteiger partial charge in [-0.15, -0.1) is 0 Å². The molecule has 5 aliphatic carbocycles. The summed E-state index contributed by atoms with van der Waals surface area (Å²) in [7, 11) is 4.00. The van der Waals surface area contributed by atoms with Crippen molar-refractivity contribution in [3.63, 3.8) is 0 Å². The van der Waals surface area contributed by atoms with Crippen LogP contribution in [0.5, 0.6) is 0 Å². The topological polar surface area (TPSA) is 111 Å². The number of nitrogens with one attached hydrogen (secondary N) is 1. The molecule has 6 fully saturated rings. The molecule has 8 unspecified atom stereocenters. The molecule has 0 aromatic rings. The lowest BCUT2D eigenvalue weighted by Gasteiger charge is -2.63. The van der Waals surface area contributed by atoms with Gasteiger partial charge in [0.2, 0.25) is 0 Å². The van der Waals surface area contributed by atoms with E-state index < -0.39 is 23.9 Å². The average Bonchev–Trinajstić information content (AvgIpc) is 3.54. The molecule has 6 aliphatic rings. The van der Waals surface area contributed by atoms with E-state index >= 15 is 0 Å². The normalized spacial score (nSPS) is 50.4. The number of fused-ring (bicyclic) bond motifs is 4. The molecule has 5 saturated carbocycles. The van der Waals surface area contributed by atoms with Gasteiger partial charge in [-0.25, -0.2) is 4.79 Å². The van der Waals surface area contributed by atoms with E-state index in [0.29, 0.717) is 24.8 Å². The molecule has 0 aromatic heterocycles. The van der Waals surface area contributed by atoms with Crippen LogP contribution in [-0.2, 0) is 9.47 Å². The second-order valence-corrected chi connectivity index (χ2v) is 17.8. The Hall–Kier alpha value is -0.930. The number of hydrogen-bond acceptors (Lipinski definition) is 7. The fourth-order valence-electron chi connectivity index (χ4n) is 12.7. The third-order valence-electron chi connectivity index (χ3n) is 14.9. The van der Waals surface area contributed by atoms with Gasteiger partial charge in [0.15, 0.2) is 0 Å². The summed E-state index contributed by atoms with van der Waals surface area (Å²) in [6.45, 7) is 16.4. The molecule has 6 rings (SSSR count). The van der Waals surface area contributed by atoms with E-state index in [1.165, 1.54) is 12.8 Å². The molecule has 8 nitrogen and oxygen atoms in total. The van der Waals surface area contributed by atoms with Crippen molar-refractivity contribution in [3.8, 4) is 0 Å². The Morgan fingerprint density at radius 1 is 1.07 bits per heavy atom. The molecule has 13 atom stereocenters. The van der Waals surface area contributed by atoms with Crippen molar-refractivity contribution in [2.24, 2.45) is 50.7 Å². The zero-order chi connectivity index (χ0) is 31.5. The van der Waals surface area contributed by atoms with Crippen LogP contribution in [0.1, 0.15) is 99.8 Å².